The van der Waals surface area contributed by atoms with Gasteiger partial charge in [-0.15, -0.1) is 34.0 Å². The second-order valence-electron chi connectivity index (χ2n) is 0. The summed E-state index contributed by atoms with van der Waals surface area (Å²) in [4.78, 5) is 0. The molecule has 4 heteroatoms. The summed E-state index contributed by atoms with van der Waals surface area (Å²) in [5.41, 5.74) is 0. The van der Waals surface area contributed by atoms with E-state index in [1.807, 2.05) is 0 Å². The molecule has 0 aromatic heterocycles. The van der Waals surface area contributed by atoms with Gasteiger partial charge in [0.05, 0.1) is 0 Å². The zero-order valence-electron chi connectivity index (χ0n) is 5.52. The van der Waals surface area contributed by atoms with Gasteiger partial charge in [0.25, 0.3) is 0 Å². The van der Waals surface area contributed by atoms with Crippen LogP contribution in [0.1, 0.15) is 4.28 Å². The van der Waals surface area contributed by atoms with E-state index >= 15 is 0 Å². The Labute approximate surface area is 79.4 Å². The number of hydrogen-bond acceptors (Lipinski definition) is 0. The Morgan fingerprint density at radius 1 is 1.00 bits per heavy atom. The van der Waals surface area contributed by atoms with Gasteiger partial charge in [0.1, 0.15) is 0 Å². The van der Waals surface area contributed by atoms with Crippen LogP contribution in [-0.4, -0.2) is 23.1 Å². The molecule has 0 aliphatic carbocycles. The van der Waals surface area contributed by atoms with Gasteiger partial charge >= 0.3 is 41.9 Å². The van der Waals surface area contributed by atoms with Gasteiger partial charge in [-0.2, -0.15) is 0 Å². The summed E-state index contributed by atoms with van der Waals surface area (Å²) in [6, 6.07) is 0. The van der Waals surface area contributed by atoms with Gasteiger partial charge in [0.15, 0.2) is 0 Å². The molecule has 0 unspecified atom stereocenters. The second-order valence-corrected chi connectivity index (χ2v) is 0. The number of hydrogen-bond donors (Lipinski definition) is 0. The molecule has 0 saturated carbocycles. The summed E-state index contributed by atoms with van der Waals surface area (Å²) < 4.78 is 0. The first-order valence-electron chi connectivity index (χ1n) is 0. The summed E-state index contributed by atoms with van der Waals surface area (Å²) in [5.74, 6) is 0. The summed E-state index contributed by atoms with van der Waals surface area (Å²) in [7, 11) is 0. The summed E-state index contributed by atoms with van der Waals surface area (Å²) in [5, 5.41) is 0. The maximum atomic E-state index is 0. The van der Waals surface area contributed by atoms with E-state index in [-0.39, 0.29) is 80.2 Å². The molecular formula is H5Br2LiMg. The van der Waals surface area contributed by atoms with Crippen molar-refractivity contribution in [2.45, 2.75) is 0 Å². The van der Waals surface area contributed by atoms with E-state index in [4.69, 9.17) is 0 Å². The van der Waals surface area contributed by atoms with Crippen molar-refractivity contribution in [1.82, 2.24) is 0 Å². The Bertz CT molecular complexity index is 12.9. The van der Waals surface area contributed by atoms with Crippen LogP contribution in [0.4, 0.5) is 0 Å². The van der Waals surface area contributed by atoms with Crippen molar-refractivity contribution in [3.63, 3.8) is 0 Å². The maximum Gasteiger partial charge on any atom is 2.00 e. The fourth-order valence-electron chi connectivity index (χ4n) is 0. The van der Waals surface area contributed by atoms with E-state index in [1.165, 1.54) is 0 Å². The van der Waals surface area contributed by atoms with Crippen LogP contribution >= 0.6 is 34.0 Å². The molecule has 0 aromatic rings. The normalized spacial score (nSPS) is 0. The predicted octanol–water partition coefficient (Wildman–Crippen LogP) is -1.88. The topological polar surface area (TPSA) is 0 Å². The van der Waals surface area contributed by atoms with Gasteiger partial charge in [0, 0.05) is 0 Å². The Morgan fingerprint density at radius 3 is 1.00 bits per heavy atom. The first-order chi connectivity index (χ1) is 0. The molecule has 22 valence electrons. The first kappa shape index (κ1) is 33.2. The molecule has 0 aromatic carbocycles. The molecule has 0 radical (unpaired) electrons. The van der Waals surface area contributed by atoms with Crippen molar-refractivity contribution < 1.29 is 23.1 Å². The average molecular weight is 196 g/mol. The van der Waals surface area contributed by atoms with Crippen molar-refractivity contribution in [3.05, 3.63) is 0 Å². The standard InChI is InChI=1S/2BrH.Li.Mg.3H/h2*1H;;;;;/q;;+1;+2;3*-1. The second kappa shape index (κ2) is 18.4. The first-order valence-corrected chi connectivity index (χ1v) is 0. The molecule has 0 bridgehead atoms. The fourth-order valence-corrected chi connectivity index (χ4v) is 0. The zero-order chi connectivity index (χ0) is 0. The monoisotopic (exact) mass is 194 g/mol. The van der Waals surface area contributed by atoms with Crippen LogP contribution in [0.15, 0.2) is 0 Å². The zero-order valence-corrected chi connectivity index (χ0v) is 7.36. The molecule has 0 amide bonds. The van der Waals surface area contributed by atoms with Gasteiger partial charge in [-0.25, -0.2) is 0 Å². The third-order valence-electron chi connectivity index (χ3n) is 0. The van der Waals surface area contributed by atoms with Crippen molar-refractivity contribution in [2.24, 2.45) is 0 Å². The van der Waals surface area contributed by atoms with Crippen LogP contribution in [0.2, 0.25) is 0 Å². The van der Waals surface area contributed by atoms with E-state index in [2.05, 4.69) is 0 Å². The molecule has 4 heavy (non-hydrogen) atoms. The van der Waals surface area contributed by atoms with E-state index < -0.39 is 0 Å². The van der Waals surface area contributed by atoms with Gasteiger partial charge in [-0.3, -0.25) is 0 Å². The van der Waals surface area contributed by atoms with Crippen LogP contribution in [0.25, 0.3) is 0 Å². The van der Waals surface area contributed by atoms with Gasteiger partial charge in [0.2, 0.25) is 0 Å². The number of halogens is 2. The van der Waals surface area contributed by atoms with Gasteiger partial charge < -0.3 is 4.28 Å². The van der Waals surface area contributed by atoms with E-state index in [0.717, 1.165) is 0 Å². The maximum absolute atomic E-state index is 0. The van der Waals surface area contributed by atoms with Gasteiger partial charge in [-0.1, -0.05) is 0 Å². The summed E-state index contributed by atoms with van der Waals surface area (Å²) in [6.45, 7) is 0. The molecule has 0 heterocycles. The average Bonchev–Trinajstić information content (AvgIpc) is 0. The van der Waals surface area contributed by atoms with Crippen LogP contribution in [0, 0.1) is 0 Å². The summed E-state index contributed by atoms with van der Waals surface area (Å²) >= 11 is 0. The largest absolute Gasteiger partial charge is 2.00 e. The third kappa shape index (κ3) is 8.85. The SMILES string of the molecule is Br.Br.[H-].[H-].[H-].[Li+].[Mg+2]. The minimum atomic E-state index is 0. The summed E-state index contributed by atoms with van der Waals surface area (Å²) in [6.07, 6.45) is 0. The quantitative estimate of drug-likeness (QED) is 0.398. The van der Waals surface area contributed by atoms with E-state index in [9.17, 15) is 0 Å². The van der Waals surface area contributed by atoms with Crippen molar-refractivity contribution in [3.8, 4) is 0 Å². The van der Waals surface area contributed by atoms with Crippen LogP contribution in [-0.2, 0) is 0 Å². The third-order valence-corrected chi connectivity index (χ3v) is 0. The van der Waals surface area contributed by atoms with Crippen LogP contribution < -0.4 is 18.9 Å². The van der Waals surface area contributed by atoms with Crippen molar-refractivity contribution in [2.75, 3.05) is 0 Å². The minimum Gasteiger partial charge on any atom is -1.00 e. The number of rotatable bonds is 0. The molecule has 0 rings (SSSR count). The van der Waals surface area contributed by atoms with E-state index in [1.54, 1.807) is 0 Å². The van der Waals surface area contributed by atoms with Crippen molar-refractivity contribution in [1.29, 1.82) is 0 Å². The smallest absolute Gasteiger partial charge is 1.00 e. The predicted molar refractivity (Wildman–Crippen MR) is 29.7 cm³/mol. The molecule has 0 saturated heterocycles. The van der Waals surface area contributed by atoms with Gasteiger partial charge in [-0.05, 0) is 0 Å². The Morgan fingerprint density at radius 2 is 1.00 bits per heavy atom. The Balaban J connectivity index is 0. The van der Waals surface area contributed by atoms with E-state index in [0.29, 0.717) is 0 Å². The van der Waals surface area contributed by atoms with Crippen LogP contribution in [0.3, 0.4) is 0 Å². The van der Waals surface area contributed by atoms with Crippen molar-refractivity contribution >= 4 is 57.0 Å². The molecule has 0 N–H and O–H groups in total. The molecule has 0 aliphatic rings. The molecule has 0 spiro atoms. The minimum absolute atomic E-state index is 0. The Hall–Kier alpha value is 2.32. The fraction of sp³-hybridized carbons (Fsp3) is 0. The Kier molecular flexibility index (Phi) is 153. The molecular weight excluding hydrogens is 191 g/mol. The van der Waals surface area contributed by atoms with Crippen LogP contribution in [0.5, 0.6) is 0 Å². The molecule has 0 fully saturated rings. The molecule has 0 aliphatic heterocycles. The molecule has 0 nitrogen and oxygen atoms in total. The molecule has 0 atom stereocenters.